The SMILES string of the molecule is CN(C(=O)C1(CN)CCOCC1)C1CCCC1.Cl. The number of halogens is 1. The van der Waals surface area contributed by atoms with E-state index in [4.69, 9.17) is 10.5 Å². The Morgan fingerprint density at radius 2 is 1.89 bits per heavy atom. The molecule has 0 bridgehead atoms. The van der Waals surface area contributed by atoms with Crippen molar-refractivity contribution in [1.82, 2.24) is 4.90 Å². The third-order valence-corrected chi connectivity index (χ3v) is 4.49. The summed E-state index contributed by atoms with van der Waals surface area (Å²) in [4.78, 5) is 14.6. The highest BCUT2D eigenvalue weighted by Crippen LogP contribution is 2.34. The smallest absolute Gasteiger partial charge is 0.230 e. The van der Waals surface area contributed by atoms with Gasteiger partial charge in [0, 0.05) is 32.8 Å². The average Bonchev–Trinajstić information content (AvgIpc) is 2.91. The van der Waals surface area contributed by atoms with Crippen molar-refractivity contribution in [3.05, 3.63) is 0 Å². The van der Waals surface area contributed by atoms with Gasteiger partial charge in [-0.2, -0.15) is 0 Å². The van der Waals surface area contributed by atoms with Crippen LogP contribution >= 0.6 is 12.4 Å². The lowest BCUT2D eigenvalue weighted by Crippen LogP contribution is -2.51. The van der Waals surface area contributed by atoms with Crippen LogP contribution in [0.25, 0.3) is 0 Å². The topological polar surface area (TPSA) is 55.6 Å². The lowest BCUT2D eigenvalue weighted by atomic mass is 9.78. The van der Waals surface area contributed by atoms with E-state index in [-0.39, 0.29) is 23.7 Å². The monoisotopic (exact) mass is 276 g/mol. The second kappa shape index (κ2) is 6.73. The van der Waals surface area contributed by atoms with Crippen LogP contribution in [0.3, 0.4) is 0 Å². The molecule has 1 amide bonds. The van der Waals surface area contributed by atoms with Gasteiger partial charge in [0.1, 0.15) is 0 Å². The van der Waals surface area contributed by atoms with Gasteiger partial charge >= 0.3 is 0 Å². The fourth-order valence-corrected chi connectivity index (χ4v) is 3.10. The van der Waals surface area contributed by atoms with Crippen molar-refractivity contribution < 1.29 is 9.53 Å². The molecule has 0 aromatic heterocycles. The zero-order chi connectivity index (χ0) is 12.3. The van der Waals surface area contributed by atoms with E-state index in [1.54, 1.807) is 0 Å². The molecule has 2 fully saturated rings. The second-order valence-corrected chi connectivity index (χ2v) is 5.45. The van der Waals surface area contributed by atoms with Crippen molar-refractivity contribution in [3.63, 3.8) is 0 Å². The molecule has 0 aromatic carbocycles. The number of rotatable bonds is 3. The van der Waals surface area contributed by atoms with Gasteiger partial charge < -0.3 is 15.4 Å². The molecule has 0 spiro atoms. The van der Waals surface area contributed by atoms with Crippen molar-refractivity contribution in [2.75, 3.05) is 26.8 Å². The minimum Gasteiger partial charge on any atom is -0.381 e. The first-order valence-electron chi connectivity index (χ1n) is 6.75. The van der Waals surface area contributed by atoms with E-state index in [0.29, 0.717) is 25.8 Å². The summed E-state index contributed by atoms with van der Waals surface area (Å²) in [5.74, 6) is 0.246. The van der Waals surface area contributed by atoms with Crippen LogP contribution in [0.1, 0.15) is 38.5 Å². The summed E-state index contributed by atoms with van der Waals surface area (Å²) in [6.45, 7) is 1.79. The van der Waals surface area contributed by atoms with Crippen LogP contribution in [0.2, 0.25) is 0 Å². The Morgan fingerprint density at radius 1 is 1.33 bits per heavy atom. The summed E-state index contributed by atoms with van der Waals surface area (Å²) >= 11 is 0. The molecule has 1 heterocycles. The fraction of sp³-hybridized carbons (Fsp3) is 0.923. The largest absolute Gasteiger partial charge is 0.381 e. The summed E-state index contributed by atoms with van der Waals surface area (Å²) in [5.41, 5.74) is 5.52. The zero-order valence-corrected chi connectivity index (χ0v) is 12.0. The molecule has 0 radical (unpaired) electrons. The number of carbonyl (C=O) groups is 1. The lowest BCUT2D eigenvalue weighted by molar-refractivity contribution is -0.147. The van der Waals surface area contributed by atoms with Gasteiger partial charge in [-0.05, 0) is 25.7 Å². The van der Waals surface area contributed by atoms with E-state index in [1.165, 1.54) is 12.8 Å². The Balaban J connectivity index is 0.00000162. The summed E-state index contributed by atoms with van der Waals surface area (Å²) < 4.78 is 5.36. The number of hydrogen-bond donors (Lipinski definition) is 1. The molecular weight excluding hydrogens is 252 g/mol. The van der Waals surface area contributed by atoms with Gasteiger partial charge in [0.15, 0.2) is 0 Å². The van der Waals surface area contributed by atoms with E-state index in [2.05, 4.69) is 0 Å². The maximum Gasteiger partial charge on any atom is 0.230 e. The normalized spacial score (nSPS) is 23.4. The molecule has 1 saturated heterocycles. The summed E-state index contributed by atoms with van der Waals surface area (Å²) in [5, 5.41) is 0. The molecule has 18 heavy (non-hydrogen) atoms. The van der Waals surface area contributed by atoms with Crippen molar-refractivity contribution >= 4 is 18.3 Å². The van der Waals surface area contributed by atoms with Crippen molar-refractivity contribution in [2.24, 2.45) is 11.1 Å². The molecule has 1 aliphatic carbocycles. The Morgan fingerprint density at radius 3 is 2.39 bits per heavy atom. The molecule has 2 rings (SSSR count). The molecule has 5 heteroatoms. The van der Waals surface area contributed by atoms with E-state index in [9.17, 15) is 4.79 Å². The van der Waals surface area contributed by atoms with Gasteiger partial charge in [0.25, 0.3) is 0 Å². The highest BCUT2D eigenvalue weighted by atomic mass is 35.5. The quantitative estimate of drug-likeness (QED) is 0.851. The van der Waals surface area contributed by atoms with Gasteiger partial charge in [-0.25, -0.2) is 0 Å². The maximum atomic E-state index is 12.6. The van der Waals surface area contributed by atoms with Gasteiger partial charge in [-0.1, -0.05) is 12.8 Å². The number of nitrogens with two attached hydrogens (primary N) is 1. The van der Waals surface area contributed by atoms with Crippen LogP contribution in [0.4, 0.5) is 0 Å². The van der Waals surface area contributed by atoms with Crippen LogP contribution in [0, 0.1) is 5.41 Å². The van der Waals surface area contributed by atoms with Gasteiger partial charge in [-0.15, -0.1) is 12.4 Å². The van der Waals surface area contributed by atoms with Crippen molar-refractivity contribution in [1.29, 1.82) is 0 Å². The molecule has 0 aromatic rings. The molecule has 106 valence electrons. The predicted octanol–water partition coefficient (Wildman–Crippen LogP) is 1.56. The first-order valence-corrected chi connectivity index (χ1v) is 6.75. The van der Waals surface area contributed by atoms with E-state index in [0.717, 1.165) is 25.7 Å². The number of amides is 1. The number of hydrogen-bond acceptors (Lipinski definition) is 3. The summed E-state index contributed by atoms with van der Waals surface area (Å²) in [7, 11) is 1.95. The van der Waals surface area contributed by atoms with Gasteiger partial charge in [-0.3, -0.25) is 4.79 Å². The predicted molar refractivity (Wildman–Crippen MR) is 73.8 cm³/mol. The van der Waals surface area contributed by atoms with E-state index >= 15 is 0 Å². The van der Waals surface area contributed by atoms with E-state index < -0.39 is 0 Å². The molecule has 2 N–H and O–H groups in total. The molecule has 1 aliphatic heterocycles. The fourth-order valence-electron chi connectivity index (χ4n) is 3.10. The highest BCUT2D eigenvalue weighted by molar-refractivity contribution is 5.85. The molecule has 0 atom stereocenters. The lowest BCUT2D eigenvalue weighted by Gasteiger charge is -2.39. The molecule has 4 nitrogen and oxygen atoms in total. The molecule has 1 saturated carbocycles. The van der Waals surface area contributed by atoms with Crippen LogP contribution in [0.15, 0.2) is 0 Å². The minimum atomic E-state index is -0.352. The standard InChI is InChI=1S/C13H24N2O2.ClH/c1-15(11-4-2-3-5-11)12(16)13(10-14)6-8-17-9-7-13;/h11H,2-10,14H2,1H3;1H. The Labute approximate surface area is 116 Å². The third kappa shape index (κ3) is 2.98. The average molecular weight is 277 g/mol. The molecule has 2 aliphatic rings. The number of nitrogens with zero attached hydrogens (tertiary/aromatic N) is 1. The Hall–Kier alpha value is -0.320. The van der Waals surface area contributed by atoms with Crippen LogP contribution in [-0.4, -0.2) is 43.7 Å². The first kappa shape index (κ1) is 15.7. The van der Waals surface area contributed by atoms with Crippen LogP contribution in [-0.2, 0) is 9.53 Å². The number of ether oxygens (including phenoxy) is 1. The molecular formula is C13H25ClN2O2. The summed E-state index contributed by atoms with van der Waals surface area (Å²) in [6, 6.07) is 0.439. The van der Waals surface area contributed by atoms with E-state index in [1.807, 2.05) is 11.9 Å². The van der Waals surface area contributed by atoms with Gasteiger partial charge in [0.05, 0.1) is 5.41 Å². The van der Waals surface area contributed by atoms with Crippen LogP contribution in [0.5, 0.6) is 0 Å². The number of carbonyl (C=O) groups excluding carboxylic acids is 1. The minimum absolute atomic E-state index is 0. The van der Waals surface area contributed by atoms with Crippen molar-refractivity contribution in [3.8, 4) is 0 Å². The zero-order valence-electron chi connectivity index (χ0n) is 11.2. The van der Waals surface area contributed by atoms with Crippen LogP contribution < -0.4 is 5.73 Å². The Kier molecular flexibility index (Phi) is 5.89. The molecule has 0 unspecified atom stereocenters. The highest BCUT2D eigenvalue weighted by Gasteiger charge is 2.42. The van der Waals surface area contributed by atoms with Crippen molar-refractivity contribution in [2.45, 2.75) is 44.6 Å². The van der Waals surface area contributed by atoms with Gasteiger partial charge in [0.2, 0.25) is 5.91 Å². The third-order valence-electron chi connectivity index (χ3n) is 4.49. The summed E-state index contributed by atoms with van der Waals surface area (Å²) in [6.07, 6.45) is 6.36. The maximum absolute atomic E-state index is 12.6. The Bertz CT molecular complexity index is 274. The second-order valence-electron chi connectivity index (χ2n) is 5.45. The first-order chi connectivity index (χ1) is 8.19.